The van der Waals surface area contributed by atoms with Gasteiger partial charge in [0, 0.05) is 12.6 Å². The molecule has 1 saturated carbocycles. The van der Waals surface area contributed by atoms with Gasteiger partial charge >= 0.3 is 6.03 Å². The Hall–Kier alpha value is -1.59. The van der Waals surface area contributed by atoms with Crippen molar-refractivity contribution in [2.24, 2.45) is 5.92 Å². The third-order valence-electron chi connectivity index (χ3n) is 3.16. The first-order valence-corrected chi connectivity index (χ1v) is 6.29. The zero-order valence-corrected chi connectivity index (χ0v) is 11.1. The van der Waals surface area contributed by atoms with Gasteiger partial charge in [-0.3, -0.25) is 0 Å². The predicted molar refractivity (Wildman–Crippen MR) is 65.7 cm³/mol. The van der Waals surface area contributed by atoms with Crippen LogP contribution in [0.4, 0.5) is 4.79 Å². The molecular weight excluding hydrogens is 232 g/mol. The molecule has 2 amide bonds. The lowest BCUT2D eigenvalue weighted by Crippen LogP contribution is -2.44. The highest BCUT2D eigenvalue weighted by molar-refractivity contribution is 5.75. The Bertz CT molecular complexity index is 398. The monoisotopic (exact) mass is 252 g/mol. The van der Waals surface area contributed by atoms with E-state index in [1.165, 1.54) is 6.39 Å². The molecule has 0 aromatic carbocycles. The fourth-order valence-electron chi connectivity index (χ4n) is 2.18. The summed E-state index contributed by atoms with van der Waals surface area (Å²) in [6.45, 7) is 4.71. The van der Waals surface area contributed by atoms with Crippen LogP contribution in [0.3, 0.4) is 0 Å². The van der Waals surface area contributed by atoms with E-state index >= 15 is 0 Å². The quantitative estimate of drug-likeness (QED) is 0.867. The van der Waals surface area contributed by atoms with E-state index < -0.39 is 0 Å². The number of carbonyl (C=O) groups excluding carboxylic acids is 1. The highest BCUT2D eigenvalue weighted by atomic mass is 16.5. The van der Waals surface area contributed by atoms with Crippen molar-refractivity contribution in [2.75, 3.05) is 7.05 Å². The lowest BCUT2D eigenvalue weighted by atomic mass is 10.0. The Balaban J connectivity index is 1.84. The van der Waals surface area contributed by atoms with Gasteiger partial charge in [-0.05, 0) is 25.2 Å². The Morgan fingerprint density at radius 1 is 1.61 bits per heavy atom. The van der Waals surface area contributed by atoms with Crippen LogP contribution in [0.5, 0.6) is 0 Å². The number of nitrogens with one attached hydrogen (secondary N) is 1. The van der Waals surface area contributed by atoms with Crippen LogP contribution in [0.15, 0.2) is 10.9 Å². The van der Waals surface area contributed by atoms with Gasteiger partial charge in [0.2, 0.25) is 6.39 Å². The Labute approximate surface area is 107 Å². The molecule has 1 aliphatic carbocycles. The molecule has 100 valence electrons. The van der Waals surface area contributed by atoms with Gasteiger partial charge in [0.05, 0.1) is 6.54 Å². The number of amides is 2. The number of carbonyl (C=O) groups is 1. The highest BCUT2D eigenvalue weighted by Crippen LogP contribution is 2.41. The highest BCUT2D eigenvalue weighted by Gasteiger charge is 2.44. The van der Waals surface area contributed by atoms with Crippen molar-refractivity contribution in [1.82, 2.24) is 20.4 Å². The summed E-state index contributed by atoms with van der Waals surface area (Å²) < 4.78 is 4.64. The van der Waals surface area contributed by atoms with Gasteiger partial charge in [-0.2, -0.15) is 4.98 Å². The fraction of sp³-hybridized carbons (Fsp3) is 0.750. The Kier molecular flexibility index (Phi) is 3.54. The number of nitrogens with zero attached hydrogens (tertiary/aromatic N) is 3. The molecule has 1 heterocycles. The molecule has 1 fully saturated rings. The molecule has 1 N–H and O–H groups in total. The average Bonchev–Trinajstić information content (AvgIpc) is 2.83. The molecule has 0 saturated heterocycles. The molecule has 6 nitrogen and oxygen atoms in total. The first-order chi connectivity index (χ1) is 8.51. The summed E-state index contributed by atoms with van der Waals surface area (Å²) in [5, 5.41) is 6.80. The van der Waals surface area contributed by atoms with Crippen LogP contribution in [-0.4, -0.2) is 33.7 Å². The molecule has 0 spiro atoms. The maximum absolute atomic E-state index is 12.0. The van der Waals surface area contributed by atoms with E-state index in [2.05, 4.69) is 33.8 Å². The van der Waals surface area contributed by atoms with Crippen LogP contribution in [0.1, 0.15) is 38.9 Å². The minimum atomic E-state index is -0.0713. The van der Waals surface area contributed by atoms with E-state index in [-0.39, 0.29) is 11.6 Å². The molecule has 1 aromatic rings. The molecule has 0 unspecified atom stereocenters. The van der Waals surface area contributed by atoms with Crippen LogP contribution in [0.25, 0.3) is 0 Å². The van der Waals surface area contributed by atoms with E-state index in [0.717, 1.165) is 19.3 Å². The van der Waals surface area contributed by atoms with Gasteiger partial charge in [-0.25, -0.2) is 4.79 Å². The minimum Gasteiger partial charge on any atom is -0.343 e. The van der Waals surface area contributed by atoms with Crippen LogP contribution in [0, 0.1) is 5.92 Å². The topological polar surface area (TPSA) is 71.3 Å². The lowest BCUT2D eigenvalue weighted by molar-refractivity contribution is 0.197. The molecule has 1 aromatic heterocycles. The molecule has 0 aliphatic heterocycles. The molecular formula is C12H20N4O2. The van der Waals surface area contributed by atoms with E-state index in [0.29, 0.717) is 18.3 Å². The average molecular weight is 252 g/mol. The third-order valence-corrected chi connectivity index (χ3v) is 3.16. The third kappa shape index (κ3) is 3.21. The molecule has 0 bridgehead atoms. The Morgan fingerprint density at radius 3 is 2.83 bits per heavy atom. The van der Waals surface area contributed by atoms with E-state index in [9.17, 15) is 4.79 Å². The van der Waals surface area contributed by atoms with Gasteiger partial charge in [0.1, 0.15) is 0 Å². The maximum Gasteiger partial charge on any atom is 0.317 e. The van der Waals surface area contributed by atoms with Gasteiger partial charge in [-0.15, -0.1) is 0 Å². The summed E-state index contributed by atoms with van der Waals surface area (Å²) in [4.78, 5) is 17.5. The standard InChI is InChI=1S/C12H20N4O2/c1-9(2)6-12(4-5-12)14-11(17)16(3)7-10-13-8-18-15-10/h8-9H,4-7H2,1-3H3,(H,14,17). The number of rotatable bonds is 5. The summed E-state index contributed by atoms with van der Waals surface area (Å²) in [6, 6.07) is -0.0713. The van der Waals surface area contributed by atoms with Crippen molar-refractivity contribution in [3.8, 4) is 0 Å². The SMILES string of the molecule is CC(C)CC1(NC(=O)N(C)Cc2ncon2)CC1. The zero-order chi connectivity index (χ0) is 13.2. The Morgan fingerprint density at radius 2 is 2.33 bits per heavy atom. The summed E-state index contributed by atoms with van der Waals surface area (Å²) in [5.74, 6) is 1.11. The molecule has 18 heavy (non-hydrogen) atoms. The van der Waals surface area contributed by atoms with Crippen molar-refractivity contribution in [3.05, 3.63) is 12.2 Å². The number of hydrogen-bond acceptors (Lipinski definition) is 4. The molecule has 0 radical (unpaired) electrons. The van der Waals surface area contributed by atoms with Gasteiger partial charge in [0.15, 0.2) is 5.82 Å². The molecule has 0 atom stereocenters. The first-order valence-electron chi connectivity index (χ1n) is 6.29. The van der Waals surface area contributed by atoms with Crippen molar-refractivity contribution in [3.63, 3.8) is 0 Å². The van der Waals surface area contributed by atoms with Crippen molar-refractivity contribution >= 4 is 6.03 Å². The summed E-state index contributed by atoms with van der Waals surface area (Å²) in [5.41, 5.74) is 0.0246. The van der Waals surface area contributed by atoms with E-state index in [1.807, 2.05) is 0 Å². The second-order valence-corrected chi connectivity index (χ2v) is 5.51. The normalized spacial score (nSPS) is 16.7. The smallest absolute Gasteiger partial charge is 0.317 e. The predicted octanol–water partition coefficient (Wildman–Crippen LogP) is 1.79. The summed E-state index contributed by atoms with van der Waals surface area (Å²) in [7, 11) is 1.73. The molecule has 1 aliphatic rings. The van der Waals surface area contributed by atoms with E-state index in [1.54, 1.807) is 11.9 Å². The molecule has 6 heteroatoms. The summed E-state index contributed by atoms with van der Waals surface area (Å²) >= 11 is 0. The van der Waals surface area contributed by atoms with Crippen molar-refractivity contribution in [1.29, 1.82) is 0 Å². The maximum atomic E-state index is 12.0. The number of aromatic nitrogens is 2. The van der Waals surface area contributed by atoms with Crippen LogP contribution >= 0.6 is 0 Å². The van der Waals surface area contributed by atoms with Crippen molar-refractivity contribution in [2.45, 2.75) is 45.2 Å². The molecule has 2 rings (SSSR count). The van der Waals surface area contributed by atoms with Crippen molar-refractivity contribution < 1.29 is 9.32 Å². The second-order valence-electron chi connectivity index (χ2n) is 5.51. The number of urea groups is 1. The largest absolute Gasteiger partial charge is 0.343 e. The van der Waals surface area contributed by atoms with Crippen LogP contribution in [-0.2, 0) is 6.54 Å². The number of hydrogen-bond donors (Lipinski definition) is 1. The minimum absolute atomic E-state index is 0.0246. The van der Waals surface area contributed by atoms with Gasteiger partial charge in [-0.1, -0.05) is 19.0 Å². The zero-order valence-electron chi connectivity index (χ0n) is 11.1. The van der Waals surface area contributed by atoms with Gasteiger partial charge < -0.3 is 14.7 Å². The lowest BCUT2D eigenvalue weighted by Gasteiger charge is -2.23. The van der Waals surface area contributed by atoms with Gasteiger partial charge in [0.25, 0.3) is 0 Å². The first kappa shape index (κ1) is 12.9. The fourth-order valence-corrected chi connectivity index (χ4v) is 2.18. The van der Waals surface area contributed by atoms with E-state index in [4.69, 9.17) is 0 Å². The van der Waals surface area contributed by atoms with Crippen LogP contribution < -0.4 is 5.32 Å². The summed E-state index contributed by atoms with van der Waals surface area (Å²) in [6.07, 6.45) is 4.46. The second kappa shape index (κ2) is 4.96. The van der Waals surface area contributed by atoms with Crippen LogP contribution in [0.2, 0.25) is 0 Å².